The lowest BCUT2D eigenvalue weighted by molar-refractivity contribution is -0.354. The van der Waals surface area contributed by atoms with E-state index in [0.717, 1.165) is 28.0 Å². The van der Waals surface area contributed by atoms with Crippen LogP contribution in [0.2, 0.25) is 36.3 Å². The summed E-state index contributed by atoms with van der Waals surface area (Å²) in [6, 6.07) is 38.1. The number of ketones is 2. The first-order valence-electron chi connectivity index (χ1n) is 44.3. The first-order chi connectivity index (χ1) is 57.1. The average Bonchev–Trinajstić information content (AvgIpc) is 0.769. The normalized spacial score (nSPS) is 34.9. The fourth-order valence-electron chi connectivity index (χ4n) is 16.9. The van der Waals surface area contributed by atoms with Gasteiger partial charge in [-0.25, -0.2) is 0 Å². The first kappa shape index (κ1) is 101. The molecule has 0 aromatic heterocycles. The number of aliphatic hydroxyl groups is 1. The van der Waals surface area contributed by atoms with Gasteiger partial charge in [-0.2, -0.15) is 0 Å². The maximum Gasteiger partial charge on any atom is 0.196 e. The monoisotopic (exact) mass is 1740 g/mol. The second-order valence-electron chi connectivity index (χ2n) is 37.8. The van der Waals surface area contributed by atoms with Crippen molar-refractivity contribution in [2.45, 2.75) is 344 Å². The molecule has 1 N–H and O–H groups in total. The van der Waals surface area contributed by atoms with Crippen molar-refractivity contribution in [3.8, 4) is 0 Å². The molecule has 121 heavy (non-hydrogen) atoms. The molecular weight excluding hydrogens is 1590 g/mol. The summed E-state index contributed by atoms with van der Waals surface area (Å²) in [4.78, 5) is 30.8. The molecule has 10 unspecified atom stereocenters. The van der Waals surface area contributed by atoms with Crippen LogP contribution in [0.4, 0.5) is 0 Å². The van der Waals surface area contributed by atoms with Gasteiger partial charge in [-0.15, -0.1) is 11.8 Å². The van der Waals surface area contributed by atoms with E-state index in [2.05, 4.69) is 171 Å². The highest BCUT2D eigenvalue weighted by Gasteiger charge is 2.58. The van der Waals surface area contributed by atoms with Gasteiger partial charge in [0.25, 0.3) is 0 Å². The lowest BCUT2D eigenvalue weighted by Gasteiger charge is -2.52. The number of benzene rings is 4. The fourth-order valence-corrected chi connectivity index (χ4v) is 22.9. The number of hydrogen-bond acceptors (Lipinski definition) is 21. The molecule has 0 bridgehead atoms. The van der Waals surface area contributed by atoms with Gasteiger partial charge < -0.3 is 75.5 Å². The molecule has 0 spiro atoms. The van der Waals surface area contributed by atoms with E-state index in [0.29, 0.717) is 69.2 Å². The van der Waals surface area contributed by atoms with E-state index >= 15 is 0 Å². The number of nitrogens with zero attached hydrogens (tertiary/aromatic N) is 6. The molecule has 6 aliphatic rings. The number of rotatable bonds is 34. The molecular formula is C94H148N6O18SSi2. The summed E-state index contributed by atoms with van der Waals surface area (Å²) < 4.78 is 99.1. The van der Waals surface area contributed by atoms with E-state index in [1.165, 1.54) is 0 Å². The fraction of sp³-hybridized carbons (Fsp3) is 0.723. The molecule has 0 radical (unpaired) electrons. The molecule has 4 aromatic carbocycles. The molecule has 6 heterocycles. The second kappa shape index (κ2) is 46.1. The van der Waals surface area contributed by atoms with Crippen molar-refractivity contribution in [2.24, 2.45) is 81.2 Å². The van der Waals surface area contributed by atoms with Gasteiger partial charge in [-0.3, -0.25) is 9.59 Å². The number of aliphatic hydroxyl groups excluding tert-OH is 1. The van der Waals surface area contributed by atoms with Crippen molar-refractivity contribution in [2.75, 3.05) is 19.0 Å². The summed E-state index contributed by atoms with van der Waals surface area (Å²) in [5.74, 6) is 3.42. The van der Waals surface area contributed by atoms with E-state index < -0.39 is 115 Å². The summed E-state index contributed by atoms with van der Waals surface area (Å²) in [6.07, 6.45) is -11.7. The van der Waals surface area contributed by atoms with Crippen molar-refractivity contribution in [3.05, 3.63) is 164 Å². The van der Waals surface area contributed by atoms with Gasteiger partial charge in [0.15, 0.2) is 59.7 Å². The van der Waals surface area contributed by atoms with E-state index in [1.54, 1.807) is 13.8 Å². The number of ether oxygens (including phenoxy) is 13. The Balaban J connectivity index is 0.000000261. The minimum absolute atomic E-state index is 0.00333. The SMILES string of the molecule is CC(=O)C1O[C@@H](O[C@@H]2C(N=[N+]=[N-])[C@@H](O[Si](C)(C)C(C)(C)C(C)C)O[C@@H](C)[C@H]2O[C@@H]2OC(COCc3ccccc3)[C@@H](C)[C@H](C)C2OCc2ccccc2)C(C)[C@@H](C)[C@@H]1C.CC(C)C(C)(C)[Si](C)(C)O[C@H]1O[C@@H](C)[C@@H](O[C@@H]2OC(COCc3ccccc3)[C@@H](C)[C@H](C)C2OCc2ccccc2)[C@H](O)C1N=[N+]=[N-].CCS[C@@H]1OC(C(C)=O)[C@@H](C)[C@H](C)C1C. The maximum absolute atomic E-state index is 12.9. The van der Waals surface area contributed by atoms with Gasteiger partial charge in [0.2, 0.25) is 0 Å². The summed E-state index contributed by atoms with van der Waals surface area (Å²) in [6.45, 7) is 59.1. The van der Waals surface area contributed by atoms with Crippen LogP contribution in [0.5, 0.6) is 0 Å². The zero-order chi connectivity index (χ0) is 89.2. The molecule has 0 amide bonds. The molecule has 4 aromatic rings. The number of Topliss-reactive ketones (excluding diaryl/α,β-unsaturated/α-hetero) is 2. The summed E-state index contributed by atoms with van der Waals surface area (Å²) in [5.41, 5.74) is 24.1. The predicted molar refractivity (Wildman–Crippen MR) is 478 cm³/mol. The molecule has 6 aliphatic heterocycles. The molecule has 10 rings (SSSR count). The Labute approximate surface area is 729 Å². The highest BCUT2D eigenvalue weighted by molar-refractivity contribution is 7.99. The molecule has 24 nitrogen and oxygen atoms in total. The van der Waals surface area contributed by atoms with Crippen molar-refractivity contribution >= 4 is 40.0 Å². The number of carbonyl (C=O) groups excluding carboxylic acids is 2. The minimum atomic E-state index is -2.54. The van der Waals surface area contributed by atoms with Crippen molar-refractivity contribution < 1.29 is 85.1 Å². The molecule has 0 saturated carbocycles. The second-order valence-corrected chi connectivity index (χ2v) is 48.3. The van der Waals surface area contributed by atoms with Crippen LogP contribution in [0.3, 0.4) is 0 Å². The number of azide groups is 2. The number of hydrogen-bond donors (Lipinski definition) is 1. The Bertz CT molecular complexity index is 3870. The Morgan fingerprint density at radius 3 is 1.18 bits per heavy atom. The first-order valence-corrected chi connectivity index (χ1v) is 51.2. The highest BCUT2D eigenvalue weighted by atomic mass is 32.2. The lowest BCUT2D eigenvalue weighted by Crippen LogP contribution is -2.65. The predicted octanol–water partition coefficient (Wildman–Crippen LogP) is 20.4. The third-order valence-electron chi connectivity index (χ3n) is 28.8. The van der Waals surface area contributed by atoms with Crippen LogP contribution >= 0.6 is 11.8 Å². The third kappa shape index (κ3) is 25.9. The Hall–Kier alpha value is -5.02. The molecule has 0 aliphatic carbocycles. The number of thioether (sulfide) groups is 1. The highest BCUT2D eigenvalue weighted by Crippen LogP contribution is 2.50. The van der Waals surface area contributed by atoms with E-state index in [1.807, 2.05) is 154 Å². The molecule has 6 fully saturated rings. The van der Waals surface area contributed by atoms with Crippen LogP contribution < -0.4 is 0 Å². The van der Waals surface area contributed by atoms with Gasteiger partial charge in [0.05, 0.1) is 70.2 Å². The van der Waals surface area contributed by atoms with Gasteiger partial charge >= 0.3 is 0 Å². The van der Waals surface area contributed by atoms with Crippen LogP contribution in [0.25, 0.3) is 20.9 Å². The molecule has 676 valence electrons. The third-order valence-corrected chi connectivity index (χ3v) is 39.0. The van der Waals surface area contributed by atoms with Gasteiger partial charge in [-0.1, -0.05) is 263 Å². The minimum Gasteiger partial charge on any atom is -0.392 e. The number of carbonyl (C=O) groups is 2. The smallest absolute Gasteiger partial charge is 0.196 e. The van der Waals surface area contributed by atoms with Crippen LogP contribution in [0.15, 0.2) is 132 Å². The average molecular weight is 1740 g/mol. The van der Waals surface area contributed by atoms with Crippen LogP contribution in [0, 0.1) is 71.0 Å². The Morgan fingerprint density at radius 1 is 0.438 bits per heavy atom. The Kier molecular flexibility index (Phi) is 38.6. The maximum atomic E-state index is 12.9. The standard InChI is InChI=1S/C46H71N3O9Si.C36H55N3O7Si.C12H22O2S/c1-27(2)46(10,11)59(12,13)58-44-38(48-49-47)42(57-43-32(7)28(3)30(5)39(55-43)33(8)50)41(34(9)53-44)56-45-40(52-25-36-22-18-15-19-23-36)31(6)29(4)37(54-45)26-51-24-35-20-16-14-17-21-35;1-23(2)36(6,7)47(8,9)46-34-30(38-39-37)31(40)33(26(5)43-34)45-35-32(42-21-28-18-14-11-15-19-28)25(4)24(3)29(44-35)22-41-20-27-16-12-10-13-17-27;1-6-15-12-9(4)7(2)8(3)11(14-12)10(5)13/h14-23,27-32,34,37-45H,24-26H2,1-13H3;10-19,23-26,29-35,40H,20-22H2,1-9H3;7-9,11-12H,6H2,1-5H3/t28-,29-,30-,31-,32?,34-,37?,38?,39?,40?,41+,42+,43-,44+,45-;24-,25-,26-,29?,30?,31+,32?,33+,34+,35-;7-,8-,9?,11?,12-/m000/s1. The lowest BCUT2D eigenvalue weighted by atomic mass is 9.78. The van der Waals surface area contributed by atoms with Gasteiger partial charge in [-0.05, 0) is 168 Å². The Morgan fingerprint density at radius 2 is 0.793 bits per heavy atom. The van der Waals surface area contributed by atoms with E-state index in [4.69, 9.17) is 70.4 Å². The van der Waals surface area contributed by atoms with E-state index in [-0.39, 0.29) is 86.8 Å². The van der Waals surface area contributed by atoms with Gasteiger partial charge in [0.1, 0.15) is 60.2 Å². The van der Waals surface area contributed by atoms with E-state index in [9.17, 15) is 25.8 Å². The molecule has 30 atom stereocenters. The summed E-state index contributed by atoms with van der Waals surface area (Å²) in [5, 5.41) is 19.8. The summed E-state index contributed by atoms with van der Waals surface area (Å²) in [7, 11) is -4.96. The summed E-state index contributed by atoms with van der Waals surface area (Å²) >= 11 is 1.81. The largest absolute Gasteiger partial charge is 0.392 e. The zero-order valence-electron chi connectivity index (χ0n) is 77.5. The van der Waals surface area contributed by atoms with Crippen molar-refractivity contribution in [1.82, 2.24) is 0 Å². The van der Waals surface area contributed by atoms with Gasteiger partial charge in [0, 0.05) is 15.7 Å². The molecule has 27 heteroatoms. The van der Waals surface area contributed by atoms with Crippen LogP contribution in [-0.4, -0.2) is 174 Å². The molecule has 6 saturated heterocycles. The van der Waals surface area contributed by atoms with Crippen LogP contribution in [0.1, 0.15) is 181 Å². The van der Waals surface area contributed by atoms with Crippen molar-refractivity contribution in [3.63, 3.8) is 0 Å². The topological polar surface area (TPSA) is 290 Å². The van der Waals surface area contributed by atoms with Crippen LogP contribution in [-0.2, 0) is 106 Å². The quantitative estimate of drug-likeness (QED) is 0.0197. The zero-order valence-corrected chi connectivity index (χ0v) is 80.3. The van der Waals surface area contributed by atoms with Crippen molar-refractivity contribution in [1.29, 1.82) is 0 Å².